The molecule has 0 unspecified atom stereocenters. The SMILES string of the molecule is C=C(Cl)/C=C/[C@H](CC(=C)C[C@H]1O[C@@H]([C@H](O[Si](CC)(CC)CC)[C@@]2(OC)C[C@H](O[Si](C)(C)C(C)(C)C)[C@@H](C)[C@@H](CCCC[P+](c3ccccc3)(c3ccccc3)c3ccccc3)O2)[C@H](C)[C@@H](O[Si](CC)(CC)CC)[C@@H]1O[Si](CC)(CC)CC)O[Si](C)(C)C(C)(C)C. The van der Waals surface area contributed by atoms with Crippen molar-refractivity contribution >= 4 is 76.4 Å². The van der Waals surface area contributed by atoms with Crippen LogP contribution in [-0.4, -0.2) is 109 Å². The lowest BCUT2D eigenvalue weighted by molar-refractivity contribution is -0.353. The lowest BCUT2D eigenvalue weighted by atomic mass is 9.78. The van der Waals surface area contributed by atoms with Gasteiger partial charge >= 0.3 is 0 Å². The summed E-state index contributed by atoms with van der Waals surface area (Å²) in [5.41, 5.74) is 1.04. The van der Waals surface area contributed by atoms with Crippen LogP contribution >= 0.6 is 18.9 Å². The van der Waals surface area contributed by atoms with Gasteiger partial charge in [-0.05, 0) is 165 Å². The van der Waals surface area contributed by atoms with Gasteiger partial charge in [0.15, 0.2) is 47.4 Å². The molecule has 0 aromatic heterocycles. The van der Waals surface area contributed by atoms with Crippen LogP contribution in [0.5, 0.6) is 0 Å². The molecule has 2 aliphatic heterocycles. The molecule has 508 valence electrons. The molecule has 0 aliphatic carbocycles. The molecule has 90 heavy (non-hydrogen) atoms. The van der Waals surface area contributed by atoms with E-state index in [1.54, 1.807) is 0 Å². The van der Waals surface area contributed by atoms with E-state index in [0.29, 0.717) is 24.3 Å². The van der Waals surface area contributed by atoms with Gasteiger partial charge < -0.3 is 36.3 Å². The van der Waals surface area contributed by atoms with Gasteiger partial charge in [0, 0.05) is 30.4 Å². The second kappa shape index (κ2) is 34.0. The van der Waals surface area contributed by atoms with Crippen molar-refractivity contribution in [3.05, 3.63) is 127 Å². The predicted molar refractivity (Wildman–Crippen MR) is 403 cm³/mol. The van der Waals surface area contributed by atoms with Gasteiger partial charge in [0.2, 0.25) is 0 Å². The van der Waals surface area contributed by atoms with Crippen LogP contribution in [0.2, 0.25) is 90.7 Å². The fourth-order valence-corrected chi connectivity index (χ4v) is 29.7. The Labute approximate surface area is 562 Å². The molecule has 0 bridgehead atoms. The smallest absolute Gasteiger partial charge is 0.198 e. The van der Waals surface area contributed by atoms with Gasteiger partial charge in [0.1, 0.15) is 29.3 Å². The highest BCUT2D eigenvalue weighted by atomic mass is 35.5. The van der Waals surface area contributed by atoms with Crippen LogP contribution in [0, 0.1) is 11.8 Å². The van der Waals surface area contributed by atoms with E-state index in [9.17, 15) is 0 Å². The van der Waals surface area contributed by atoms with E-state index in [2.05, 4.69) is 248 Å². The molecule has 3 aromatic carbocycles. The van der Waals surface area contributed by atoms with E-state index in [-0.39, 0.29) is 52.4 Å². The molecule has 2 fully saturated rings. The first-order chi connectivity index (χ1) is 42.3. The summed E-state index contributed by atoms with van der Waals surface area (Å²) in [6.45, 7) is 58.3. The summed E-state index contributed by atoms with van der Waals surface area (Å²) in [6.07, 6.45) is 6.72. The zero-order valence-electron chi connectivity index (χ0n) is 60.9. The Morgan fingerprint density at radius 2 is 1.06 bits per heavy atom. The topological polar surface area (TPSA) is 73.8 Å². The molecule has 0 spiro atoms. The summed E-state index contributed by atoms with van der Waals surface area (Å²) in [4.78, 5) is 0. The maximum atomic E-state index is 8.27. The van der Waals surface area contributed by atoms with Gasteiger partial charge in [-0.1, -0.05) is 209 Å². The Hall–Kier alpha value is -1.64. The highest BCUT2D eigenvalue weighted by Crippen LogP contribution is 2.57. The second-order valence-electron chi connectivity index (χ2n) is 30.0. The third kappa shape index (κ3) is 18.9. The van der Waals surface area contributed by atoms with E-state index in [1.807, 2.05) is 13.2 Å². The van der Waals surface area contributed by atoms with Gasteiger partial charge in [0.05, 0.1) is 48.9 Å². The lowest BCUT2D eigenvalue weighted by Gasteiger charge is -2.58. The van der Waals surface area contributed by atoms with Gasteiger partial charge in [-0.2, -0.15) is 0 Å². The third-order valence-corrected chi connectivity index (χ3v) is 50.4. The molecule has 5 rings (SSSR count). The number of rotatable bonds is 36. The van der Waals surface area contributed by atoms with Crippen LogP contribution < -0.4 is 15.9 Å². The number of hydrogen-bond donors (Lipinski definition) is 0. The predicted octanol–water partition coefficient (Wildman–Crippen LogP) is 20.9. The molecule has 2 saturated heterocycles. The molecule has 8 nitrogen and oxygen atoms in total. The van der Waals surface area contributed by atoms with Crippen molar-refractivity contribution in [1.29, 1.82) is 0 Å². The van der Waals surface area contributed by atoms with Crippen LogP contribution in [0.25, 0.3) is 0 Å². The van der Waals surface area contributed by atoms with Gasteiger partial charge in [-0.15, -0.1) is 0 Å². The number of methoxy groups -OCH3 is 1. The lowest BCUT2D eigenvalue weighted by Crippen LogP contribution is -2.70. The normalized spacial score (nSPS) is 24.3. The van der Waals surface area contributed by atoms with Crippen molar-refractivity contribution in [3.63, 3.8) is 0 Å². The Morgan fingerprint density at radius 1 is 0.611 bits per heavy atom. The Bertz CT molecular complexity index is 2530. The standard InChI is InChI=1S/C75H129ClO8PSi5/c1-25-88(26-2,27-3)82-69-61(13)70(78-67(71(69)83-89(28-4,29-5)30-6)56-58(10)55-62(53-52-59(11)76)80-86(21,22)73(14,15)16)72(84-90(31-7,32-8)33-9)75(77-20)57-68(81-87(23,24)74(17,18)19)60(12)66(79-75)51-43-44-54-85(63-45-37-34-38-46-63,64-47-39-35-40-48-64)65-49-41-36-42-50-65/h34-42,45-50,52-53,60-62,66-72H,10-11,25-33,43-44,51,54-57H2,1-9,12-24H3/q+1/b53-52+/t60-,61+,62+,66+,67+,68-,69+,70+,71+,72-,75+/m0/s1. The maximum absolute atomic E-state index is 8.27. The Balaban J connectivity index is 1.76. The summed E-state index contributed by atoms with van der Waals surface area (Å²) < 4.78 is 63.0. The summed E-state index contributed by atoms with van der Waals surface area (Å²) in [5, 5.41) is 4.68. The molecule has 2 aliphatic rings. The van der Waals surface area contributed by atoms with Crippen LogP contribution in [0.15, 0.2) is 127 Å². The Kier molecular flexibility index (Phi) is 29.9. The molecule has 0 amide bonds. The average molecular weight is 1370 g/mol. The molecule has 0 saturated carbocycles. The van der Waals surface area contributed by atoms with E-state index < -0.39 is 72.9 Å². The number of unbranched alkanes of at least 4 members (excludes halogenated alkanes) is 1. The monoisotopic (exact) mass is 1360 g/mol. The van der Waals surface area contributed by atoms with Crippen LogP contribution in [0.1, 0.15) is 156 Å². The fourth-order valence-electron chi connectivity index (χ4n) is 13.9. The minimum absolute atomic E-state index is 0.00629. The summed E-state index contributed by atoms with van der Waals surface area (Å²) >= 11 is 6.49. The van der Waals surface area contributed by atoms with Gasteiger partial charge in [0.25, 0.3) is 0 Å². The summed E-state index contributed by atoms with van der Waals surface area (Å²) in [7, 11) is -11.9. The van der Waals surface area contributed by atoms with E-state index >= 15 is 0 Å². The Morgan fingerprint density at radius 3 is 1.47 bits per heavy atom. The summed E-state index contributed by atoms with van der Waals surface area (Å²) in [6, 6.07) is 42.9. The van der Waals surface area contributed by atoms with Crippen LogP contribution in [0.3, 0.4) is 0 Å². The van der Waals surface area contributed by atoms with Gasteiger partial charge in [-0.3, -0.25) is 0 Å². The van der Waals surface area contributed by atoms with Crippen molar-refractivity contribution in [2.24, 2.45) is 11.8 Å². The van der Waals surface area contributed by atoms with E-state index in [0.717, 1.165) is 85.4 Å². The number of ether oxygens (including phenoxy) is 3. The molecular weight excluding hydrogens is 1240 g/mol. The van der Waals surface area contributed by atoms with Crippen LogP contribution in [-0.2, 0) is 36.3 Å². The molecule has 11 atom stereocenters. The van der Waals surface area contributed by atoms with E-state index in [4.69, 9.17) is 54.5 Å². The second-order valence-corrected chi connectivity index (χ2v) is 57.8. The first-order valence-corrected chi connectivity index (χ1v) is 51.1. The number of allylic oxidation sites excluding steroid dienone is 2. The quantitative estimate of drug-likeness (QED) is 0.0187. The number of benzene rings is 3. The van der Waals surface area contributed by atoms with Crippen molar-refractivity contribution < 1.29 is 36.3 Å². The molecule has 15 heteroatoms. The van der Waals surface area contributed by atoms with Gasteiger partial charge in [-0.25, -0.2) is 0 Å². The molecule has 2 heterocycles. The first kappa shape index (κ1) is 79.1. The fraction of sp³-hybridized carbons (Fsp3) is 0.680. The summed E-state index contributed by atoms with van der Waals surface area (Å²) in [5.74, 6) is -1.33. The molecule has 0 radical (unpaired) electrons. The highest BCUT2D eigenvalue weighted by Gasteiger charge is 2.62. The zero-order valence-corrected chi connectivity index (χ0v) is 67.6. The molecular formula is C75H129ClO8PSi5+. The molecule has 0 N–H and O–H groups in total. The van der Waals surface area contributed by atoms with Crippen molar-refractivity contribution in [1.82, 2.24) is 0 Å². The average Bonchev–Trinajstić information content (AvgIpc) is 0.752. The number of hydrogen-bond acceptors (Lipinski definition) is 8. The zero-order chi connectivity index (χ0) is 67.2. The van der Waals surface area contributed by atoms with Crippen LogP contribution in [0.4, 0.5) is 0 Å². The minimum Gasteiger partial charge on any atom is -0.413 e. The number of halogens is 1. The largest absolute Gasteiger partial charge is 0.413 e. The van der Waals surface area contributed by atoms with Crippen molar-refractivity contribution in [2.75, 3.05) is 13.3 Å². The van der Waals surface area contributed by atoms with Crippen molar-refractivity contribution in [3.8, 4) is 0 Å². The molecule has 3 aromatic rings. The minimum atomic E-state index is -2.50. The van der Waals surface area contributed by atoms with E-state index in [1.165, 1.54) is 15.9 Å². The first-order valence-electron chi connectivity index (χ1n) is 35.3. The highest BCUT2D eigenvalue weighted by molar-refractivity contribution is 7.95. The maximum Gasteiger partial charge on any atom is 0.198 e. The van der Waals surface area contributed by atoms with Crippen molar-refractivity contribution in [2.45, 2.75) is 302 Å². The third-order valence-electron chi connectivity index (χ3n) is 22.9.